The van der Waals surface area contributed by atoms with E-state index in [-0.39, 0.29) is 24.2 Å². The maximum Gasteiger partial charge on any atom is 0.311 e. The van der Waals surface area contributed by atoms with Crippen molar-refractivity contribution in [2.45, 2.75) is 44.6 Å². The van der Waals surface area contributed by atoms with E-state index in [0.29, 0.717) is 38.9 Å². The van der Waals surface area contributed by atoms with Crippen molar-refractivity contribution in [1.82, 2.24) is 9.80 Å². The fourth-order valence-corrected chi connectivity index (χ4v) is 5.16. The van der Waals surface area contributed by atoms with Crippen molar-refractivity contribution in [1.29, 1.82) is 0 Å². The van der Waals surface area contributed by atoms with Gasteiger partial charge >= 0.3 is 5.97 Å². The molecule has 0 aromatic carbocycles. The number of ether oxygens (including phenoxy) is 1. The molecular weight excluding hydrogens is 352 g/mol. The van der Waals surface area contributed by atoms with Gasteiger partial charge in [0.1, 0.15) is 0 Å². The molecule has 0 aliphatic carbocycles. The summed E-state index contributed by atoms with van der Waals surface area (Å²) in [6.07, 6.45) is 2.76. The quantitative estimate of drug-likeness (QED) is 0.736. The van der Waals surface area contributed by atoms with Gasteiger partial charge in [-0.3, -0.25) is 14.4 Å². The Labute approximate surface area is 158 Å². The van der Waals surface area contributed by atoms with Crippen molar-refractivity contribution in [3.63, 3.8) is 0 Å². The van der Waals surface area contributed by atoms with Crippen LogP contribution in [-0.2, 0) is 25.5 Å². The van der Waals surface area contributed by atoms with Crippen molar-refractivity contribution in [3.8, 4) is 0 Å². The molecule has 142 valence electrons. The molecule has 0 bridgehead atoms. The molecule has 7 heteroatoms. The van der Waals surface area contributed by atoms with Gasteiger partial charge in [-0.25, -0.2) is 0 Å². The topological polar surface area (TPSA) is 66.9 Å². The van der Waals surface area contributed by atoms with Crippen LogP contribution in [0.1, 0.15) is 37.5 Å². The lowest BCUT2D eigenvalue weighted by molar-refractivity contribution is -0.150. The molecular formula is C19H26N2O4S. The summed E-state index contributed by atoms with van der Waals surface area (Å²) in [6.45, 7) is 3.69. The number of hydrogen-bond acceptors (Lipinski definition) is 5. The highest BCUT2D eigenvalue weighted by molar-refractivity contribution is 7.09. The van der Waals surface area contributed by atoms with Gasteiger partial charge in [0, 0.05) is 37.4 Å². The minimum Gasteiger partial charge on any atom is -0.469 e. The van der Waals surface area contributed by atoms with Crippen molar-refractivity contribution >= 4 is 29.1 Å². The minimum absolute atomic E-state index is 0.0142. The van der Waals surface area contributed by atoms with E-state index in [1.807, 2.05) is 34.2 Å². The third-order valence-corrected chi connectivity index (χ3v) is 6.75. The van der Waals surface area contributed by atoms with Crippen LogP contribution < -0.4 is 0 Å². The fraction of sp³-hybridized carbons (Fsp3) is 0.632. The lowest BCUT2D eigenvalue weighted by Crippen LogP contribution is -2.58. The van der Waals surface area contributed by atoms with Crippen LogP contribution in [0, 0.1) is 5.92 Å². The highest BCUT2D eigenvalue weighted by atomic mass is 32.1. The van der Waals surface area contributed by atoms with Crippen LogP contribution in [-0.4, -0.2) is 59.9 Å². The van der Waals surface area contributed by atoms with Crippen molar-refractivity contribution in [2.75, 3.05) is 26.7 Å². The van der Waals surface area contributed by atoms with Gasteiger partial charge in [0.25, 0.3) is 0 Å². The van der Waals surface area contributed by atoms with Crippen LogP contribution in [0.25, 0.3) is 0 Å². The number of methoxy groups -OCH3 is 1. The Morgan fingerprint density at radius 1 is 1.35 bits per heavy atom. The minimum atomic E-state index is -0.497. The molecule has 0 N–H and O–H groups in total. The number of carbonyl (C=O) groups excluding carboxylic acids is 3. The summed E-state index contributed by atoms with van der Waals surface area (Å²) in [7, 11) is 1.37. The molecule has 2 aliphatic rings. The third-order valence-electron chi connectivity index (χ3n) is 5.82. The number of nitrogens with zero attached hydrogens (tertiary/aromatic N) is 2. The first-order valence-corrected chi connectivity index (χ1v) is 10.1. The van der Waals surface area contributed by atoms with Crippen molar-refractivity contribution in [2.24, 2.45) is 5.92 Å². The molecule has 1 atom stereocenters. The molecule has 3 rings (SSSR count). The Hall–Kier alpha value is -1.89. The maximum absolute atomic E-state index is 12.5. The number of hydrogen-bond donors (Lipinski definition) is 0. The van der Waals surface area contributed by atoms with Gasteiger partial charge in [-0.05, 0) is 37.6 Å². The average molecular weight is 378 g/mol. The second-order valence-electron chi connectivity index (χ2n) is 6.98. The Morgan fingerprint density at radius 2 is 2.08 bits per heavy atom. The highest BCUT2D eigenvalue weighted by Gasteiger charge is 2.56. The van der Waals surface area contributed by atoms with E-state index >= 15 is 0 Å². The number of esters is 1. The number of rotatable bonds is 5. The fourth-order valence-electron chi connectivity index (χ4n) is 4.45. The zero-order valence-electron chi connectivity index (χ0n) is 15.4. The summed E-state index contributed by atoms with van der Waals surface area (Å²) in [5.74, 6) is -0.578. The normalized spacial score (nSPS) is 22.1. The SMILES string of the molecule is CCN1C(=O)CC(C(=O)OC)C12CCN(C(=O)CCc1cccs1)CC2. The molecule has 0 saturated carbocycles. The van der Waals surface area contributed by atoms with Crippen LogP contribution in [0.2, 0.25) is 0 Å². The molecule has 1 spiro atoms. The van der Waals surface area contributed by atoms with E-state index in [0.717, 1.165) is 6.42 Å². The van der Waals surface area contributed by atoms with Gasteiger partial charge in [-0.1, -0.05) is 6.07 Å². The lowest BCUT2D eigenvalue weighted by Gasteiger charge is -2.46. The summed E-state index contributed by atoms with van der Waals surface area (Å²) in [4.78, 5) is 42.1. The van der Waals surface area contributed by atoms with E-state index in [9.17, 15) is 14.4 Å². The van der Waals surface area contributed by atoms with Gasteiger partial charge in [0.2, 0.25) is 11.8 Å². The Balaban J connectivity index is 1.65. The van der Waals surface area contributed by atoms with Crippen LogP contribution >= 0.6 is 11.3 Å². The first-order valence-electron chi connectivity index (χ1n) is 9.20. The lowest BCUT2D eigenvalue weighted by atomic mass is 9.76. The Bertz CT molecular complexity index is 663. The number of likely N-dealkylation sites (tertiary alicyclic amines) is 2. The molecule has 3 heterocycles. The van der Waals surface area contributed by atoms with Crippen LogP contribution in [0.15, 0.2) is 17.5 Å². The second-order valence-corrected chi connectivity index (χ2v) is 8.01. The zero-order valence-corrected chi connectivity index (χ0v) is 16.2. The predicted molar refractivity (Wildman–Crippen MR) is 98.7 cm³/mol. The van der Waals surface area contributed by atoms with Gasteiger partial charge in [0.15, 0.2) is 0 Å². The largest absolute Gasteiger partial charge is 0.469 e. The molecule has 2 saturated heterocycles. The van der Waals surface area contributed by atoms with Crippen LogP contribution in [0.5, 0.6) is 0 Å². The van der Waals surface area contributed by atoms with Gasteiger partial charge in [0.05, 0.1) is 18.6 Å². The van der Waals surface area contributed by atoms with Crippen molar-refractivity contribution in [3.05, 3.63) is 22.4 Å². The first kappa shape index (κ1) is 18.9. The Kier molecular flexibility index (Phi) is 5.65. The average Bonchev–Trinajstić information content (AvgIpc) is 3.26. The van der Waals surface area contributed by atoms with E-state index < -0.39 is 11.5 Å². The number of aryl methyl sites for hydroxylation is 1. The number of amides is 2. The molecule has 1 unspecified atom stereocenters. The number of piperidine rings is 1. The molecule has 6 nitrogen and oxygen atoms in total. The third kappa shape index (κ3) is 3.37. The predicted octanol–water partition coefficient (Wildman–Crippen LogP) is 2.08. The molecule has 1 aromatic heterocycles. The van der Waals surface area contributed by atoms with Gasteiger partial charge < -0.3 is 14.5 Å². The molecule has 2 aliphatic heterocycles. The molecule has 2 fully saturated rings. The monoisotopic (exact) mass is 378 g/mol. The van der Waals surface area contributed by atoms with E-state index in [2.05, 4.69) is 0 Å². The standard InChI is InChI=1S/C19H26N2O4S/c1-3-21-17(23)13-15(18(24)25-2)19(21)8-10-20(11-9-19)16(22)7-6-14-5-4-12-26-14/h4-5,12,15H,3,6-11,13H2,1-2H3. The van der Waals surface area contributed by atoms with E-state index in [4.69, 9.17) is 4.74 Å². The van der Waals surface area contributed by atoms with Gasteiger partial charge in [-0.2, -0.15) is 0 Å². The Morgan fingerprint density at radius 3 is 2.65 bits per heavy atom. The molecule has 26 heavy (non-hydrogen) atoms. The molecule has 2 amide bonds. The number of thiophene rings is 1. The second kappa shape index (κ2) is 7.78. The summed E-state index contributed by atoms with van der Waals surface area (Å²) in [5.41, 5.74) is -0.497. The first-order chi connectivity index (χ1) is 12.5. The van der Waals surface area contributed by atoms with Crippen LogP contribution in [0.4, 0.5) is 0 Å². The number of carbonyl (C=O) groups is 3. The van der Waals surface area contributed by atoms with Crippen LogP contribution in [0.3, 0.4) is 0 Å². The van der Waals surface area contributed by atoms with E-state index in [1.54, 1.807) is 11.3 Å². The maximum atomic E-state index is 12.5. The molecule has 1 aromatic rings. The summed E-state index contributed by atoms with van der Waals surface area (Å²) in [5, 5.41) is 2.02. The zero-order chi connectivity index (χ0) is 18.7. The summed E-state index contributed by atoms with van der Waals surface area (Å²) in [6, 6.07) is 4.05. The summed E-state index contributed by atoms with van der Waals surface area (Å²) >= 11 is 1.67. The van der Waals surface area contributed by atoms with Crippen molar-refractivity contribution < 1.29 is 19.1 Å². The highest BCUT2D eigenvalue weighted by Crippen LogP contribution is 2.44. The van der Waals surface area contributed by atoms with Gasteiger partial charge in [-0.15, -0.1) is 11.3 Å². The summed E-state index contributed by atoms with van der Waals surface area (Å²) < 4.78 is 4.96. The van der Waals surface area contributed by atoms with E-state index in [1.165, 1.54) is 12.0 Å². The molecule has 0 radical (unpaired) electrons. The smallest absolute Gasteiger partial charge is 0.311 e.